The first-order valence-electron chi connectivity index (χ1n) is 5.90. The number of nitrogens with zero attached hydrogens (tertiary/aromatic N) is 1. The average molecular weight is 242 g/mol. The van der Waals surface area contributed by atoms with Gasteiger partial charge in [0.05, 0.1) is 0 Å². The topological polar surface area (TPSA) is 57.4 Å². The lowest BCUT2D eigenvalue weighted by atomic mass is 10.0. The molecule has 2 aromatic rings. The first-order chi connectivity index (χ1) is 8.81. The molecule has 18 heavy (non-hydrogen) atoms. The Morgan fingerprint density at radius 2 is 2.00 bits per heavy atom. The summed E-state index contributed by atoms with van der Waals surface area (Å²) in [5.74, 6) is 2.46. The predicted octanol–water partition coefficient (Wildman–Crippen LogP) is 2.14. The van der Waals surface area contributed by atoms with Crippen molar-refractivity contribution in [3.05, 3.63) is 48.3 Å². The third-order valence-electron chi connectivity index (χ3n) is 2.85. The van der Waals surface area contributed by atoms with Crippen molar-refractivity contribution in [1.82, 2.24) is 4.98 Å². The second-order valence-corrected chi connectivity index (χ2v) is 4.33. The smallest absolute Gasteiger partial charge is 0.130 e. The molecular weight excluding hydrogens is 228 g/mol. The number of hydrogen-bond acceptors (Lipinski definition) is 4. The molecule has 0 spiro atoms. The minimum atomic E-state index is 0.0636. The van der Waals surface area contributed by atoms with E-state index in [0.717, 1.165) is 29.2 Å². The second-order valence-electron chi connectivity index (χ2n) is 4.33. The summed E-state index contributed by atoms with van der Waals surface area (Å²) in [7, 11) is 0. The molecule has 3 rings (SSSR count). The molecule has 1 aromatic carbocycles. The minimum Gasteiger partial charge on any atom is -0.492 e. The van der Waals surface area contributed by atoms with Crippen LogP contribution in [0.2, 0.25) is 0 Å². The van der Waals surface area contributed by atoms with Crippen LogP contribution in [0, 0.1) is 0 Å². The summed E-state index contributed by atoms with van der Waals surface area (Å²) in [6.07, 6.45) is 4.22. The zero-order valence-corrected chi connectivity index (χ0v) is 9.87. The van der Waals surface area contributed by atoms with Gasteiger partial charge in [0.2, 0.25) is 0 Å². The van der Waals surface area contributed by atoms with E-state index in [1.54, 1.807) is 12.4 Å². The van der Waals surface area contributed by atoms with Crippen LogP contribution in [-0.2, 0) is 6.42 Å². The Bertz CT molecular complexity index is 543. The highest BCUT2D eigenvalue weighted by Gasteiger charge is 2.17. The standard InChI is InChI=1S/C14H14N2O2/c15-11-7-10-8-13(1-2-14(10)17-9-11)18-12-3-5-16-6-4-12/h1-6,8,11H,7,9,15H2. The Kier molecular flexibility index (Phi) is 2.86. The molecule has 0 radical (unpaired) electrons. The van der Waals surface area contributed by atoms with Crippen molar-refractivity contribution in [3.63, 3.8) is 0 Å². The number of ether oxygens (including phenoxy) is 2. The quantitative estimate of drug-likeness (QED) is 0.876. The number of pyridine rings is 1. The number of aromatic nitrogens is 1. The zero-order chi connectivity index (χ0) is 12.4. The lowest BCUT2D eigenvalue weighted by molar-refractivity contribution is 0.263. The van der Waals surface area contributed by atoms with Gasteiger partial charge in [-0.3, -0.25) is 4.98 Å². The van der Waals surface area contributed by atoms with Gasteiger partial charge in [0, 0.05) is 18.4 Å². The fourth-order valence-corrected chi connectivity index (χ4v) is 2.00. The van der Waals surface area contributed by atoms with Crippen LogP contribution < -0.4 is 15.2 Å². The molecule has 0 bridgehead atoms. The zero-order valence-electron chi connectivity index (χ0n) is 9.87. The molecule has 1 unspecified atom stereocenters. The van der Waals surface area contributed by atoms with Crippen LogP contribution in [0.3, 0.4) is 0 Å². The maximum Gasteiger partial charge on any atom is 0.130 e. The molecule has 92 valence electrons. The van der Waals surface area contributed by atoms with E-state index in [9.17, 15) is 0 Å². The Morgan fingerprint density at radius 3 is 2.83 bits per heavy atom. The Morgan fingerprint density at radius 1 is 1.17 bits per heavy atom. The first kappa shape index (κ1) is 11.0. The van der Waals surface area contributed by atoms with Crippen molar-refractivity contribution in [3.8, 4) is 17.2 Å². The molecule has 4 nitrogen and oxygen atoms in total. The number of rotatable bonds is 2. The fourth-order valence-electron chi connectivity index (χ4n) is 2.00. The van der Waals surface area contributed by atoms with Crippen LogP contribution in [0.1, 0.15) is 5.56 Å². The van der Waals surface area contributed by atoms with Gasteiger partial charge < -0.3 is 15.2 Å². The lowest BCUT2D eigenvalue weighted by Crippen LogP contribution is -2.33. The van der Waals surface area contributed by atoms with Gasteiger partial charge in [0.1, 0.15) is 23.9 Å². The van der Waals surface area contributed by atoms with Gasteiger partial charge in [-0.1, -0.05) is 0 Å². The highest BCUT2D eigenvalue weighted by Crippen LogP contribution is 2.30. The summed E-state index contributed by atoms with van der Waals surface area (Å²) in [6.45, 7) is 0.581. The highest BCUT2D eigenvalue weighted by molar-refractivity contribution is 5.43. The molecule has 0 saturated carbocycles. The van der Waals surface area contributed by atoms with Crippen molar-refractivity contribution < 1.29 is 9.47 Å². The minimum absolute atomic E-state index is 0.0636. The molecule has 1 aromatic heterocycles. The Balaban J connectivity index is 1.84. The van der Waals surface area contributed by atoms with Crippen molar-refractivity contribution in [2.45, 2.75) is 12.5 Å². The van der Waals surface area contributed by atoms with E-state index in [1.165, 1.54) is 0 Å². The van der Waals surface area contributed by atoms with E-state index < -0.39 is 0 Å². The number of benzene rings is 1. The van der Waals surface area contributed by atoms with Crippen molar-refractivity contribution in [2.24, 2.45) is 5.73 Å². The normalized spacial score (nSPS) is 17.7. The summed E-state index contributed by atoms with van der Waals surface area (Å²) < 4.78 is 11.3. The van der Waals surface area contributed by atoms with Crippen molar-refractivity contribution in [2.75, 3.05) is 6.61 Å². The lowest BCUT2D eigenvalue weighted by Gasteiger charge is -2.22. The van der Waals surface area contributed by atoms with Crippen LogP contribution in [0.25, 0.3) is 0 Å². The Labute approximate surface area is 105 Å². The third-order valence-corrected chi connectivity index (χ3v) is 2.85. The van der Waals surface area contributed by atoms with Gasteiger partial charge in [-0.15, -0.1) is 0 Å². The Hall–Kier alpha value is -2.07. The molecule has 0 amide bonds. The molecule has 1 aliphatic heterocycles. The monoisotopic (exact) mass is 242 g/mol. The third kappa shape index (κ3) is 2.28. The molecule has 2 N–H and O–H groups in total. The SMILES string of the molecule is NC1COc2ccc(Oc3ccncc3)cc2C1. The largest absolute Gasteiger partial charge is 0.492 e. The van der Waals surface area contributed by atoms with Crippen LogP contribution in [0.5, 0.6) is 17.2 Å². The van der Waals surface area contributed by atoms with Gasteiger partial charge in [-0.2, -0.15) is 0 Å². The van der Waals surface area contributed by atoms with Crippen LogP contribution in [0.15, 0.2) is 42.7 Å². The van der Waals surface area contributed by atoms with Crippen LogP contribution >= 0.6 is 0 Å². The molecule has 2 heterocycles. The number of fused-ring (bicyclic) bond motifs is 1. The molecule has 0 saturated heterocycles. The molecule has 0 fully saturated rings. The molecule has 0 aliphatic carbocycles. The van der Waals surface area contributed by atoms with Crippen LogP contribution in [-0.4, -0.2) is 17.6 Å². The van der Waals surface area contributed by atoms with Crippen molar-refractivity contribution >= 4 is 0 Å². The molecule has 1 aliphatic rings. The number of nitrogens with two attached hydrogens (primary N) is 1. The molecular formula is C14H14N2O2. The van der Waals surface area contributed by atoms with Gasteiger partial charge in [-0.25, -0.2) is 0 Å². The summed E-state index contributed by atoms with van der Waals surface area (Å²) in [5, 5.41) is 0. The van der Waals surface area contributed by atoms with E-state index in [-0.39, 0.29) is 6.04 Å². The highest BCUT2D eigenvalue weighted by atomic mass is 16.5. The van der Waals surface area contributed by atoms with E-state index >= 15 is 0 Å². The van der Waals surface area contributed by atoms with Gasteiger partial charge >= 0.3 is 0 Å². The van der Waals surface area contributed by atoms with Crippen molar-refractivity contribution in [1.29, 1.82) is 0 Å². The van der Waals surface area contributed by atoms with E-state index in [2.05, 4.69) is 4.98 Å². The van der Waals surface area contributed by atoms with Gasteiger partial charge in [0.25, 0.3) is 0 Å². The van der Waals surface area contributed by atoms with Gasteiger partial charge in [-0.05, 0) is 42.3 Å². The summed E-state index contributed by atoms with van der Waals surface area (Å²) >= 11 is 0. The molecule has 1 atom stereocenters. The maximum atomic E-state index is 5.88. The first-order valence-corrected chi connectivity index (χ1v) is 5.90. The predicted molar refractivity (Wildman–Crippen MR) is 67.9 cm³/mol. The number of hydrogen-bond donors (Lipinski definition) is 1. The average Bonchev–Trinajstić information content (AvgIpc) is 2.39. The molecule has 4 heteroatoms. The summed E-state index contributed by atoms with van der Waals surface area (Å²) in [4.78, 5) is 3.95. The van der Waals surface area contributed by atoms with E-state index in [1.807, 2.05) is 30.3 Å². The second kappa shape index (κ2) is 4.66. The summed E-state index contributed by atoms with van der Waals surface area (Å²) in [5.41, 5.74) is 6.98. The van der Waals surface area contributed by atoms with Crippen LogP contribution in [0.4, 0.5) is 0 Å². The van der Waals surface area contributed by atoms with E-state index in [4.69, 9.17) is 15.2 Å². The fraction of sp³-hybridized carbons (Fsp3) is 0.214. The van der Waals surface area contributed by atoms with Gasteiger partial charge in [0.15, 0.2) is 0 Å². The van der Waals surface area contributed by atoms with E-state index in [0.29, 0.717) is 6.61 Å². The summed E-state index contributed by atoms with van der Waals surface area (Å²) in [6, 6.07) is 9.51. The maximum absolute atomic E-state index is 5.88.